The van der Waals surface area contributed by atoms with Gasteiger partial charge in [0.2, 0.25) is 10.0 Å². The van der Waals surface area contributed by atoms with Crippen molar-refractivity contribution in [1.29, 1.82) is 0 Å². The van der Waals surface area contributed by atoms with E-state index < -0.39 is 10.0 Å². The van der Waals surface area contributed by atoms with E-state index in [9.17, 15) is 8.42 Å². The van der Waals surface area contributed by atoms with Crippen LogP contribution in [0.25, 0.3) is 0 Å². The Morgan fingerprint density at radius 1 is 1.21 bits per heavy atom. The molecule has 1 saturated heterocycles. The lowest BCUT2D eigenvalue weighted by Crippen LogP contribution is -2.45. The van der Waals surface area contributed by atoms with Gasteiger partial charge in [-0.1, -0.05) is 24.6 Å². The fourth-order valence-corrected chi connectivity index (χ4v) is 4.52. The molecule has 0 spiro atoms. The number of hydrogen-bond donors (Lipinski definition) is 3. The Kier molecular flexibility index (Phi) is 9.97. The van der Waals surface area contributed by atoms with Gasteiger partial charge < -0.3 is 15.5 Å². The molecule has 1 aromatic carbocycles. The molecule has 1 aromatic rings. The number of para-hydroxylation sites is 1. The third-order valence-corrected chi connectivity index (χ3v) is 6.77. The second kappa shape index (κ2) is 11.9. The molecule has 3 N–H and O–H groups in total. The van der Waals surface area contributed by atoms with Crippen LogP contribution in [0.2, 0.25) is 0 Å². The SMILES string of the molecule is CCNC(=NCCS(=O)(=O)NCC1CCC1)NC1CCN(c2ccccc2)C1.I. The van der Waals surface area contributed by atoms with Crippen molar-refractivity contribution in [2.24, 2.45) is 10.9 Å². The Labute approximate surface area is 192 Å². The molecule has 2 fully saturated rings. The van der Waals surface area contributed by atoms with E-state index in [2.05, 4.69) is 49.5 Å². The van der Waals surface area contributed by atoms with Gasteiger partial charge in [-0.05, 0) is 44.2 Å². The minimum absolute atomic E-state index is 0. The van der Waals surface area contributed by atoms with Crippen LogP contribution in [0, 0.1) is 5.92 Å². The Balaban J connectivity index is 0.00000300. The highest BCUT2D eigenvalue weighted by Crippen LogP contribution is 2.25. The van der Waals surface area contributed by atoms with Crippen LogP contribution in [0.1, 0.15) is 32.6 Å². The van der Waals surface area contributed by atoms with Crippen LogP contribution >= 0.6 is 24.0 Å². The molecule has 1 atom stereocenters. The molecule has 7 nitrogen and oxygen atoms in total. The quantitative estimate of drug-likeness (QED) is 0.257. The van der Waals surface area contributed by atoms with E-state index in [1.807, 2.05) is 13.0 Å². The van der Waals surface area contributed by atoms with Gasteiger partial charge in [-0.25, -0.2) is 13.1 Å². The maximum atomic E-state index is 12.1. The lowest BCUT2D eigenvalue weighted by molar-refractivity contribution is 0.316. The lowest BCUT2D eigenvalue weighted by Gasteiger charge is -2.25. The molecule has 0 amide bonds. The van der Waals surface area contributed by atoms with Crippen molar-refractivity contribution in [3.63, 3.8) is 0 Å². The molecule has 0 aromatic heterocycles. The zero-order chi connectivity index (χ0) is 19.8. The number of halogens is 1. The number of anilines is 1. The summed E-state index contributed by atoms with van der Waals surface area (Å²) in [6.07, 6.45) is 4.52. The van der Waals surface area contributed by atoms with Gasteiger partial charge in [0.05, 0.1) is 12.3 Å². The second-order valence-electron chi connectivity index (χ2n) is 7.64. The molecule has 1 saturated carbocycles. The van der Waals surface area contributed by atoms with Crippen molar-refractivity contribution in [1.82, 2.24) is 15.4 Å². The van der Waals surface area contributed by atoms with Gasteiger partial charge in [0.15, 0.2) is 5.96 Å². The normalized spacial score (nSPS) is 20.1. The summed E-state index contributed by atoms with van der Waals surface area (Å²) in [7, 11) is -3.26. The molecule has 1 aliphatic heterocycles. The smallest absolute Gasteiger partial charge is 0.213 e. The Morgan fingerprint density at radius 2 is 1.97 bits per heavy atom. The van der Waals surface area contributed by atoms with Crippen molar-refractivity contribution in [2.75, 3.05) is 43.4 Å². The van der Waals surface area contributed by atoms with E-state index in [0.717, 1.165) is 38.9 Å². The molecule has 1 heterocycles. The number of hydrogen-bond acceptors (Lipinski definition) is 4. The number of nitrogens with one attached hydrogen (secondary N) is 3. The summed E-state index contributed by atoms with van der Waals surface area (Å²) in [4.78, 5) is 6.84. The summed E-state index contributed by atoms with van der Waals surface area (Å²) >= 11 is 0. The van der Waals surface area contributed by atoms with E-state index in [1.165, 1.54) is 12.1 Å². The molecule has 1 unspecified atom stereocenters. The number of guanidine groups is 1. The Morgan fingerprint density at radius 3 is 2.62 bits per heavy atom. The Hall–Kier alpha value is -1.07. The topological polar surface area (TPSA) is 85.8 Å². The van der Waals surface area contributed by atoms with Gasteiger partial charge in [0.1, 0.15) is 0 Å². The van der Waals surface area contributed by atoms with Crippen LogP contribution in [-0.4, -0.2) is 58.9 Å². The van der Waals surface area contributed by atoms with Crippen LogP contribution in [-0.2, 0) is 10.0 Å². The van der Waals surface area contributed by atoms with Crippen LogP contribution in [0.3, 0.4) is 0 Å². The average Bonchev–Trinajstić information content (AvgIpc) is 3.09. The number of benzene rings is 1. The molecule has 164 valence electrons. The van der Waals surface area contributed by atoms with E-state index >= 15 is 0 Å². The van der Waals surface area contributed by atoms with Gasteiger partial charge >= 0.3 is 0 Å². The third kappa shape index (κ3) is 7.93. The first kappa shape index (κ1) is 24.2. The van der Waals surface area contributed by atoms with Crippen molar-refractivity contribution in [3.05, 3.63) is 30.3 Å². The highest BCUT2D eigenvalue weighted by Gasteiger charge is 2.23. The molecule has 1 aliphatic carbocycles. The van der Waals surface area contributed by atoms with Gasteiger partial charge in [-0.3, -0.25) is 4.99 Å². The first-order valence-corrected chi connectivity index (χ1v) is 12.0. The average molecular weight is 535 g/mol. The van der Waals surface area contributed by atoms with E-state index in [1.54, 1.807) is 0 Å². The van der Waals surface area contributed by atoms with Crippen molar-refractivity contribution in [3.8, 4) is 0 Å². The Bertz CT molecular complexity index is 740. The van der Waals surface area contributed by atoms with Crippen LogP contribution in [0.15, 0.2) is 35.3 Å². The minimum atomic E-state index is -3.26. The van der Waals surface area contributed by atoms with Crippen LogP contribution < -0.4 is 20.3 Å². The first-order chi connectivity index (χ1) is 13.6. The molecule has 9 heteroatoms. The molecule has 3 rings (SSSR count). The molecule has 29 heavy (non-hydrogen) atoms. The summed E-state index contributed by atoms with van der Waals surface area (Å²) in [5.41, 5.74) is 1.23. The van der Waals surface area contributed by atoms with Crippen molar-refractivity contribution in [2.45, 2.75) is 38.6 Å². The number of aliphatic imine (C=N–C) groups is 1. The maximum Gasteiger partial charge on any atom is 0.213 e. The zero-order valence-electron chi connectivity index (χ0n) is 17.1. The van der Waals surface area contributed by atoms with Crippen LogP contribution in [0.4, 0.5) is 5.69 Å². The second-order valence-corrected chi connectivity index (χ2v) is 9.56. The third-order valence-electron chi connectivity index (χ3n) is 5.44. The van der Waals surface area contributed by atoms with Gasteiger partial charge in [-0.15, -0.1) is 24.0 Å². The first-order valence-electron chi connectivity index (χ1n) is 10.4. The van der Waals surface area contributed by atoms with E-state index in [-0.39, 0.29) is 36.3 Å². The number of rotatable bonds is 9. The van der Waals surface area contributed by atoms with Crippen molar-refractivity contribution >= 4 is 45.6 Å². The molecule has 0 radical (unpaired) electrons. The summed E-state index contributed by atoms with van der Waals surface area (Å²) in [5.74, 6) is 1.24. The predicted octanol–water partition coefficient (Wildman–Crippen LogP) is 2.16. The molecular weight excluding hydrogens is 501 g/mol. The highest BCUT2D eigenvalue weighted by molar-refractivity contribution is 14.0. The summed E-state index contributed by atoms with van der Waals surface area (Å²) in [6, 6.07) is 10.7. The summed E-state index contributed by atoms with van der Waals surface area (Å²) < 4.78 is 27.0. The van der Waals surface area contributed by atoms with Gasteiger partial charge in [0, 0.05) is 37.9 Å². The van der Waals surface area contributed by atoms with Gasteiger partial charge in [-0.2, -0.15) is 0 Å². The molecule has 2 aliphatic rings. The monoisotopic (exact) mass is 535 g/mol. The predicted molar refractivity (Wildman–Crippen MR) is 131 cm³/mol. The lowest BCUT2D eigenvalue weighted by atomic mass is 9.86. The number of nitrogens with zero attached hydrogens (tertiary/aromatic N) is 2. The summed E-state index contributed by atoms with van der Waals surface area (Å²) in [5, 5.41) is 6.68. The zero-order valence-corrected chi connectivity index (χ0v) is 20.3. The minimum Gasteiger partial charge on any atom is -0.369 e. The van der Waals surface area contributed by atoms with Crippen LogP contribution in [0.5, 0.6) is 0 Å². The highest BCUT2D eigenvalue weighted by atomic mass is 127. The van der Waals surface area contributed by atoms with E-state index in [4.69, 9.17) is 0 Å². The molecular formula is C20H34IN5O2S. The summed E-state index contributed by atoms with van der Waals surface area (Å²) in [6.45, 7) is 5.50. The fraction of sp³-hybridized carbons (Fsp3) is 0.650. The van der Waals surface area contributed by atoms with E-state index in [0.29, 0.717) is 24.5 Å². The maximum absolute atomic E-state index is 12.1. The molecule has 0 bridgehead atoms. The number of sulfonamides is 1. The largest absolute Gasteiger partial charge is 0.369 e. The van der Waals surface area contributed by atoms with Crippen molar-refractivity contribution < 1.29 is 8.42 Å². The van der Waals surface area contributed by atoms with Gasteiger partial charge in [0.25, 0.3) is 0 Å². The standard InChI is InChI=1S/C20H33N5O2S.HI/c1-2-21-20(22-12-14-28(26,27)23-15-17-7-6-8-17)24-18-11-13-25(16-18)19-9-4-3-5-10-19;/h3-5,9-10,17-18,23H,2,6-8,11-16H2,1H3,(H2,21,22,24);1H. The fourth-order valence-electron chi connectivity index (χ4n) is 3.56.